The largest absolute Gasteiger partial charge is 0.497 e. The van der Waals surface area contributed by atoms with Crippen molar-refractivity contribution in [2.24, 2.45) is 11.3 Å². The molecule has 1 spiro atoms. The minimum absolute atomic E-state index is 0.00810. The number of nitrogens with two attached hydrogens (primary N) is 1. The number of aliphatic hydroxyl groups is 1. The van der Waals surface area contributed by atoms with Crippen molar-refractivity contribution in [1.29, 1.82) is 0 Å². The zero-order chi connectivity index (χ0) is 36.9. The van der Waals surface area contributed by atoms with E-state index < -0.39 is 6.23 Å². The van der Waals surface area contributed by atoms with E-state index in [1.165, 1.54) is 5.01 Å². The fraction of sp³-hybridized carbons (Fsp3) is 0.450. The zero-order valence-corrected chi connectivity index (χ0v) is 30.4. The molecule has 0 bridgehead atoms. The number of carbonyl (C=O) groups excluding carboxylic acids is 2. The molecule has 13 heteroatoms. The highest BCUT2D eigenvalue weighted by molar-refractivity contribution is 6.03. The normalized spacial score (nSPS) is 22.2. The number of hydrogen-bond acceptors (Lipinski definition) is 11. The Bertz CT molecular complexity index is 1930. The van der Waals surface area contributed by atoms with Gasteiger partial charge in [-0.15, -0.1) is 0 Å². The molecule has 4 heterocycles. The van der Waals surface area contributed by atoms with Crippen LogP contribution in [-0.4, -0.2) is 92.7 Å². The van der Waals surface area contributed by atoms with E-state index in [0.717, 1.165) is 67.5 Å². The van der Waals surface area contributed by atoms with Crippen molar-refractivity contribution >= 4 is 28.8 Å². The maximum Gasteiger partial charge on any atom is 0.260 e. The summed E-state index contributed by atoms with van der Waals surface area (Å²) in [5, 5.41) is 15.9. The summed E-state index contributed by atoms with van der Waals surface area (Å²) >= 11 is 0. The standard InChI is InChI=1S/C40H47N5O8/c1-49-27-9-7-24(8-10-27)25-15-26-21-42-30-18-35(33(50-2)16-28(30)37(46)43(26)22-25)52-13-5-4-6-14-53-36-19-31-29(17-34(36)51-3)38(47)44-23-40(11-12-40)20-32(44)39(48)45(31)41/h7-10,16-19,22,26,32,39,42,48H,4-6,11-15,20-21,23,41H2,1-3H3/t26-,32-,39?/m0/s1. The van der Waals surface area contributed by atoms with Gasteiger partial charge in [0.25, 0.3) is 11.8 Å². The van der Waals surface area contributed by atoms with Crippen molar-refractivity contribution in [3.8, 4) is 28.7 Å². The van der Waals surface area contributed by atoms with Crippen LogP contribution < -0.4 is 39.9 Å². The van der Waals surface area contributed by atoms with Crippen LogP contribution in [0.1, 0.15) is 71.2 Å². The number of ether oxygens (including phenoxy) is 5. The second-order valence-electron chi connectivity index (χ2n) is 14.7. The number of amides is 2. The molecule has 0 aromatic heterocycles. The molecule has 280 valence electrons. The predicted molar refractivity (Wildman–Crippen MR) is 199 cm³/mol. The van der Waals surface area contributed by atoms with E-state index in [4.69, 9.17) is 29.5 Å². The number of fused-ring (bicyclic) bond motifs is 4. The highest BCUT2D eigenvalue weighted by Gasteiger charge is 2.57. The topological polar surface area (TPSA) is 148 Å². The van der Waals surface area contributed by atoms with E-state index in [1.807, 2.05) is 41.4 Å². The van der Waals surface area contributed by atoms with Crippen LogP contribution >= 0.6 is 0 Å². The Kier molecular flexibility index (Phi) is 9.23. The lowest BCUT2D eigenvalue weighted by Gasteiger charge is -2.30. The van der Waals surface area contributed by atoms with Gasteiger partial charge >= 0.3 is 0 Å². The van der Waals surface area contributed by atoms with Crippen molar-refractivity contribution in [2.45, 2.75) is 63.3 Å². The molecule has 1 unspecified atom stereocenters. The van der Waals surface area contributed by atoms with E-state index in [2.05, 4.69) is 5.32 Å². The molecule has 3 aromatic rings. The van der Waals surface area contributed by atoms with Crippen molar-refractivity contribution in [1.82, 2.24) is 9.80 Å². The van der Waals surface area contributed by atoms with Gasteiger partial charge < -0.3 is 43.9 Å². The maximum atomic E-state index is 13.7. The first-order valence-electron chi connectivity index (χ1n) is 18.4. The lowest BCUT2D eigenvalue weighted by Crippen LogP contribution is -2.51. The number of hydrogen-bond donors (Lipinski definition) is 3. The van der Waals surface area contributed by atoms with Crippen LogP contribution in [-0.2, 0) is 0 Å². The second kappa shape index (κ2) is 14.0. The maximum absolute atomic E-state index is 13.7. The van der Waals surface area contributed by atoms with Crippen LogP contribution in [0.2, 0.25) is 0 Å². The Morgan fingerprint density at radius 2 is 1.53 bits per heavy atom. The predicted octanol–water partition coefficient (Wildman–Crippen LogP) is 5.03. The average Bonchev–Trinajstić information content (AvgIpc) is 3.69. The van der Waals surface area contributed by atoms with Gasteiger partial charge in [0.15, 0.2) is 29.2 Å². The van der Waals surface area contributed by atoms with Crippen LogP contribution in [0.5, 0.6) is 28.7 Å². The Balaban J connectivity index is 0.857. The molecule has 2 amide bonds. The molecule has 4 N–H and O–H groups in total. The van der Waals surface area contributed by atoms with Gasteiger partial charge in [-0.3, -0.25) is 14.6 Å². The minimum atomic E-state index is -1.01. The summed E-state index contributed by atoms with van der Waals surface area (Å²) in [7, 11) is 4.76. The summed E-state index contributed by atoms with van der Waals surface area (Å²) in [6.45, 7) is 2.11. The quantitative estimate of drug-likeness (QED) is 0.171. The molecule has 13 nitrogen and oxygen atoms in total. The van der Waals surface area contributed by atoms with Crippen molar-refractivity contribution in [3.05, 3.63) is 71.4 Å². The Morgan fingerprint density at radius 1 is 0.849 bits per heavy atom. The molecule has 2 fully saturated rings. The minimum Gasteiger partial charge on any atom is -0.497 e. The highest BCUT2D eigenvalue weighted by Crippen LogP contribution is 2.56. The van der Waals surface area contributed by atoms with Gasteiger partial charge in [0, 0.05) is 31.4 Å². The number of rotatable bonds is 12. The van der Waals surface area contributed by atoms with E-state index in [1.54, 1.807) is 44.4 Å². The molecular formula is C40H47N5O8. The smallest absolute Gasteiger partial charge is 0.260 e. The summed E-state index contributed by atoms with van der Waals surface area (Å²) < 4.78 is 28.8. The molecule has 5 aliphatic rings. The molecule has 53 heavy (non-hydrogen) atoms. The summed E-state index contributed by atoms with van der Waals surface area (Å²) in [6, 6.07) is 14.5. The molecule has 8 rings (SSSR count). The molecule has 1 saturated heterocycles. The molecule has 3 aromatic carbocycles. The van der Waals surface area contributed by atoms with Crippen molar-refractivity contribution < 1.29 is 38.4 Å². The average molecular weight is 726 g/mol. The third-order valence-corrected chi connectivity index (χ3v) is 11.4. The van der Waals surface area contributed by atoms with Crippen LogP contribution in [0.15, 0.2) is 54.7 Å². The van der Waals surface area contributed by atoms with Crippen LogP contribution in [0.3, 0.4) is 0 Å². The summed E-state index contributed by atoms with van der Waals surface area (Å²) in [5.74, 6) is 8.97. The van der Waals surface area contributed by atoms with E-state index in [0.29, 0.717) is 66.1 Å². The van der Waals surface area contributed by atoms with Gasteiger partial charge in [-0.05, 0) is 85.8 Å². The first-order valence-corrected chi connectivity index (χ1v) is 18.4. The van der Waals surface area contributed by atoms with Gasteiger partial charge in [-0.2, -0.15) is 0 Å². The highest BCUT2D eigenvalue weighted by atomic mass is 16.5. The number of hydrazine groups is 1. The molecule has 4 aliphatic heterocycles. The molecule has 0 radical (unpaired) electrons. The first kappa shape index (κ1) is 34.9. The van der Waals surface area contributed by atoms with E-state index in [-0.39, 0.29) is 29.3 Å². The fourth-order valence-electron chi connectivity index (χ4n) is 8.15. The van der Waals surface area contributed by atoms with Crippen LogP contribution in [0.4, 0.5) is 11.4 Å². The van der Waals surface area contributed by atoms with Crippen LogP contribution in [0, 0.1) is 5.41 Å². The van der Waals surface area contributed by atoms with Crippen molar-refractivity contribution in [3.63, 3.8) is 0 Å². The number of unbranched alkanes of at least 4 members (excludes halogenated alkanes) is 2. The number of carbonyl (C=O) groups is 2. The molecular weight excluding hydrogens is 678 g/mol. The summed E-state index contributed by atoms with van der Waals surface area (Å²) in [6.07, 6.45) is 6.94. The Morgan fingerprint density at radius 3 is 2.19 bits per heavy atom. The van der Waals surface area contributed by atoms with Gasteiger partial charge in [0.1, 0.15) is 5.75 Å². The lowest BCUT2D eigenvalue weighted by atomic mass is 10.0. The van der Waals surface area contributed by atoms with Crippen molar-refractivity contribution in [2.75, 3.05) is 58.0 Å². The molecule has 3 atom stereocenters. The van der Waals surface area contributed by atoms with E-state index >= 15 is 0 Å². The first-order chi connectivity index (χ1) is 25.7. The Labute approximate surface area is 309 Å². The van der Waals surface area contributed by atoms with Gasteiger partial charge in [-0.1, -0.05) is 12.1 Å². The number of nitrogens with one attached hydrogen (secondary N) is 1. The monoisotopic (exact) mass is 725 g/mol. The van der Waals surface area contributed by atoms with Gasteiger partial charge in [0.2, 0.25) is 0 Å². The van der Waals surface area contributed by atoms with Crippen LogP contribution in [0.25, 0.3) is 5.57 Å². The Hall–Kier alpha value is -5.14. The number of methoxy groups -OCH3 is 3. The molecule has 1 saturated carbocycles. The summed E-state index contributed by atoms with van der Waals surface area (Å²) in [4.78, 5) is 31.0. The third kappa shape index (κ3) is 6.46. The number of anilines is 2. The van der Waals surface area contributed by atoms with Gasteiger partial charge in [-0.25, -0.2) is 5.84 Å². The third-order valence-electron chi connectivity index (χ3n) is 11.4. The van der Waals surface area contributed by atoms with E-state index in [9.17, 15) is 14.7 Å². The number of benzene rings is 3. The molecule has 1 aliphatic carbocycles. The number of nitrogens with zero attached hydrogens (tertiary/aromatic N) is 3. The zero-order valence-electron chi connectivity index (χ0n) is 30.4. The lowest BCUT2D eigenvalue weighted by molar-refractivity contribution is 0.0513. The fourth-order valence-corrected chi connectivity index (χ4v) is 8.15. The number of aliphatic hydroxyl groups excluding tert-OH is 1. The summed E-state index contributed by atoms with van der Waals surface area (Å²) in [5.41, 5.74) is 4.39. The second-order valence-corrected chi connectivity index (χ2v) is 14.7. The van der Waals surface area contributed by atoms with Gasteiger partial charge in [0.05, 0.1) is 69.1 Å². The SMILES string of the molecule is COc1ccc(C2=CN3C(=O)c4cc(OC)c(OCCCCCOc5cc6c(cc5OC)C(=O)N5CC7(CC7)C[C@H]5C(O)N6N)cc4NC[C@@H]3C2)cc1.